The summed E-state index contributed by atoms with van der Waals surface area (Å²) in [6, 6.07) is 17.4. The first-order valence-electron chi connectivity index (χ1n) is 9.60. The van der Waals surface area contributed by atoms with Crippen molar-refractivity contribution in [1.29, 1.82) is 0 Å². The van der Waals surface area contributed by atoms with Crippen LogP contribution >= 0.6 is 11.3 Å². The van der Waals surface area contributed by atoms with E-state index in [4.69, 9.17) is 10.7 Å². The Morgan fingerprint density at radius 2 is 2.00 bits per heavy atom. The predicted molar refractivity (Wildman–Crippen MR) is 119 cm³/mol. The number of thiophene rings is 1. The van der Waals surface area contributed by atoms with E-state index in [1.807, 2.05) is 53.9 Å². The Balaban J connectivity index is 1.68. The molecule has 4 heterocycles. The van der Waals surface area contributed by atoms with Crippen LogP contribution in [-0.4, -0.2) is 27.4 Å². The van der Waals surface area contributed by atoms with Crippen LogP contribution in [0.5, 0.6) is 0 Å². The van der Waals surface area contributed by atoms with Crippen LogP contribution in [0.2, 0.25) is 0 Å². The molecule has 4 aromatic rings. The summed E-state index contributed by atoms with van der Waals surface area (Å²) in [6.45, 7) is 0.628. The first-order valence-corrected chi connectivity index (χ1v) is 10.5. The maximum atomic E-state index is 12.4. The van der Waals surface area contributed by atoms with Crippen LogP contribution in [0.1, 0.15) is 22.7 Å². The lowest BCUT2D eigenvalue weighted by Gasteiger charge is -2.19. The molecule has 30 heavy (non-hydrogen) atoms. The van der Waals surface area contributed by atoms with Crippen LogP contribution in [0.15, 0.2) is 78.6 Å². The van der Waals surface area contributed by atoms with Gasteiger partial charge in [0.05, 0.1) is 16.5 Å². The number of pyridine rings is 3. The first-order chi connectivity index (χ1) is 14.7. The normalized spacial score (nSPS) is 11.7. The van der Waals surface area contributed by atoms with Gasteiger partial charge in [-0.2, -0.15) is 0 Å². The SMILES string of the molecule is NC(=O)C(c1cccnc1)c1ccc(-c2cccs2)nc1NCCc1ccccn1. The van der Waals surface area contributed by atoms with E-state index < -0.39 is 11.8 Å². The van der Waals surface area contributed by atoms with Crippen molar-refractivity contribution >= 4 is 23.1 Å². The molecular formula is C23H21N5OS. The Kier molecular flexibility index (Phi) is 6.10. The van der Waals surface area contributed by atoms with E-state index in [1.165, 1.54) is 0 Å². The molecule has 3 N–H and O–H groups in total. The van der Waals surface area contributed by atoms with Crippen LogP contribution in [0.25, 0.3) is 10.6 Å². The average molecular weight is 416 g/mol. The minimum Gasteiger partial charge on any atom is -0.369 e. The monoisotopic (exact) mass is 415 g/mol. The molecule has 4 aromatic heterocycles. The van der Waals surface area contributed by atoms with Crippen molar-refractivity contribution in [3.63, 3.8) is 0 Å². The molecule has 0 bridgehead atoms. The zero-order chi connectivity index (χ0) is 20.8. The maximum Gasteiger partial charge on any atom is 0.229 e. The molecule has 150 valence electrons. The number of primary amides is 1. The van der Waals surface area contributed by atoms with Crippen molar-refractivity contribution in [2.75, 3.05) is 11.9 Å². The number of aromatic nitrogens is 3. The van der Waals surface area contributed by atoms with Crippen molar-refractivity contribution < 1.29 is 4.79 Å². The molecule has 0 aliphatic rings. The van der Waals surface area contributed by atoms with E-state index in [0.29, 0.717) is 12.4 Å². The number of amides is 1. The fraction of sp³-hybridized carbons (Fsp3) is 0.130. The summed E-state index contributed by atoms with van der Waals surface area (Å²) in [7, 11) is 0. The molecule has 0 radical (unpaired) electrons. The van der Waals surface area contributed by atoms with Gasteiger partial charge in [0.25, 0.3) is 0 Å². The molecule has 1 unspecified atom stereocenters. The van der Waals surface area contributed by atoms with Gasteiger partial charge >= 0.3 is 0 Å². The van der Waals surface area contributed by atoms with Gasteiger partial charge in [-0.3, -0.25) is 14.8 Å². The number of nitrogens with one attached hydrogen (secondary N) is 1. The van der Waals surface area contributed by atoms with Crippen molar-refractivity contribution in [3.8, 4) is 10.6 Å². The second-order valence-corrected chi connectivity index (χ2v) is 7.68. The number of nitrogens with two attached hydrogens (primary N) is 1. The Hall–Kier alpha value is -3.58. The van der Waals surface area contributed by atoms with Gasteiger partial charge in [-0.25, -0.2) is 4.98 Å². The number of hydrogen-bond acceptors (Lipinski definition) is 6. The predicted octanol–water partition coefficient (Wildman–Crippen LogP) is 3.87. The summed E-state index contributed by atoms with van der Waals surface area (Å²) in [4.78, 5) is 26.8. The Labute approximate surface area is 178 Å². The van der Waals surface area contributed by atoms with Crippen LogP contribution in [-0.2, 0) is 11.2 Å². The Bertz CT molecular complexity index is 1100. The maximum absolute atomic E-state index is 12.4. The number of hydrogen-bond donors (Lipinski definition) is 2. The van der Waals surface area contributed by atoms with Crippen LogP contribution in [0, 0.1) is 0 Å². The molecule has 0 aliphatic heterocycles. The third-order valence-corrected chi connectivity index (χ3v) is 5.61. The van der Waals surface area contributed by atoms with E-state index in [9.17, 15) is 4.79 Å². The van der Waals surface area contributed by atoms with E-state index in [1.54, 1.807) is 36.0 Å². The molecule has 0 saturated carbocycles. The summed E-state index contributed by atoms with van der Waals surface area (Å²) in [5.41, 5.74) is 9.10. The van der Waals surface area contributed by atoms with Gasteiger partial charge in [0.1, 0.15) is 5.82 Å². The highest BCUT2D eigenvalue weighted by Gasteiger charge is 2.24. The van der Waals surface area contributed by atoms with Crippen LogP contribution in [0.3, 0.4) is 0 Å². The molecule has 6 nitrogen and oxygen atoms in total. The highest BCUT2D eigenvalue weighted by atomic mass is 32.1. The second kappa shape index (κ2) is 9.28. The van der Waals surface area contributed by atoms with E-state index in [2.05, 4.69) is 15.3 Å². The van der Waals surface area contributed by atoms with Crippen molar-refractivity contribution in [2.45, 2.75) is 12.3 Å². The molecule has 1 amide bonds. The van der Waals surface area contributed by atoms with Crippen molar-refractivity contribution in [2.24, 2.45) is 5.73 Å². The smallest absolute Gasteiger partial charge is 0.229 e. The largest absolute Gasteiger partial charge is 0.369 e. The lowest BCUT2D eigenvalue weighted by molar-refractivity contribution is -0.118. The summed E-state index contributed by atoms with van der Waals surface area (Å²) in [5.74, 6) is -0.438. The van der Waals surface area contributed by atoms with Crippen LogP contribution in [0.4, 0.5) is 5.82 Å². The molecule has 0 spiro atoms. The molecule has 0 saturated heterocycles. The quantitative estimate of drug-likeness (QED) is 0.456. The lowest BCUT2D eigenvalue weighted by Crippen LogP contribution is -2.24. The number of carbonyl (C=O) groups excluding carboxylic acids is 1. The van der Waals surface area contributed by atoms with Crippen molar-refractivity contribution in [1.82, 2.24) is 15.0 Å². The summed E-state index contributed by atoms with van der Waals surface area (Å²) in [6.07, 6.45) is 5.85. The third kappa shape index (κ3) is 4.52. The highest BCUT2D eigenvalue weighted by Crippen LogP contribution is 2.32. The van der Waals surface area contributed by atoms with Gasteiger partial charge in [-0.15, -0.1) is 11.3 Å². The Morgan fingerprint density at radius 3 is 2.70 bits per heavy atom. The standard InChI is InChI=1S/C23H21N5OS/c24-22(29)21(16-5-3-11-25-15-16)18-8-9-19(20-7-4-14-30-20)28-23(18)27-13-10-17-6-1-2-12-26-17/h1-9,11-12,14-15,21H,10,13H2,(H2,24,29)(H,27,28). The minimum atomic E-state index is -0.638. The van der Waals surface area contributed by atoms with E-state index in [-0.39, 0.29) is 0 Å². The fourth-order valence-corrected chi connectivity index (χ4v) is 4.00. The van der Waals surface area contributed by atoms with Gasteiger partial charge in [-0.05, 0) is 41.3 Å². The lowest BCUT2D eigenvalue weighted by atomic mass is 9.91. The molecule has 1 atom stereocenters. The van der Waals surface area contributed by atoms with Gasteiger partial charge in [0.15, 0.2) is 0 Å². The topological polar surface area (TPSA) is 93.8 Å². The van der Waals surface area contributed by atoms with E-state index in [0.717, 1.165) is 33.8 Å². The summed E-state index contributed by atoms with van der Waals surface area (Å²) >= 11 is 1.62. The number of rotatable bonds is 8. The molecule has 0 fully saturated rings. The summed E-state index contributed by atoms with van der Waals surface area (Å²) < 4.78 is 0. The van der Waals surface area contributed by atoms with Gasteiger partial charge in [0, 0.05) is 42.8 Å². The molecule has 0 aliphatic carbocycles. The first kappa shape index (κ1) is 19.7. The van der Waals surface area contributed by atoms with Crippen molar-refractivity contribution in [3.05, 3.63) is 95.4 Å². The minimum absolute atomic E-state index is 0.443. The fourth-order valence-electron chi connectivity index (χ4n) is 3.30. The average Bonchev–Trinajstić information content (AvgIpc) is 3.31. The zero-order valence-corrected chi connectivity index (χ0v) is 17.0. The second-order valence-electron chi connectivity index (χ2n) is 6.73. The summed E-state index contributed by atoms with van der Waals surface area (Å²) in [5, 5.41) is 5.41. The number of carbonyl (C=O) groups is 1. The Morgan fingerprint density at radius 1 is 1.07 bits per heavy atom. The molecule has 0 aromatic carbocycles. The number of anilines is 1. The number of nitrogens with zero attached hydrogens (tertiary/aromatic N) is 3. The third-order valence-electron chi connectivity index (χ3n) is 4.71. The molecular weight excluding hydrogens is 394 g/mol. The van der Waals surface area contributed by atoms with Gasteiger partial charge in [0.2, 0.25) is 5.91 Å². The highest BCUT2D eigenvalue weighted by molar-refractivity contribution is 7.13. The molecule has 4 rings (SSSR count). The van der Waals surface area contributed by atoms with E-state index >= 15 is 0 Å². The van der Waals surface area contributed by atoms with Crippen LogP contribution < -0.4 is 11.1 Å². The zero-order valence-electron chi connectivity index (χ0n) is 16.2. The van der Waals surface area contributed by atoms with Gasteiger partial charge in [-0.1, -0.05) is 24.3 Å². The molecule has 7 heteroatoms. The van der Waals surface area contributed by atoms with Gasteiger partial charge < -0.3 is 11.1 Å².